The van der Waals surface area contributed by atoms with Gasteiger partial charge in [-0.2, -0.15) is 0 Å². The average Bonchev–Trinajstić information content (AvgIpc) is 2.11. The molecule has 2 amide bonds. The Hall–Kier alpha value is -1.42. The van der Waals surface area contributed by atoms with Crippen LogP contribution in [0.25, 0.3) is 0 Å². The highest BCUT2D eigenvalue weighted by molar-refractivity contribution is 6.32. The molecule has 0 spiro atoms. The lowest BCUT2D eigenvalue weighted by molar-refractivity contribution is 0.254. The zero-order chi connectivity index (χ0) is 9.84. The summed E-state index contributed by atoms with van der Waals surface area (Å²) in [5.41, 5.74) is 0.530. The Kier molecular flexibility index (Phi) is 2.97. The maximum absolute atomic E-state index is 10.8. The third-order valence-electron chi connectivity index (χ3n) is 1.43. The SMILES string of the molecule is CNC(=O)Nc1ccc(O)c(Cl)c1. The predicted molar refractivity (Wildman–Crippen MR) is 51.2 cm³/mol. The standard InChI is InChI=1S/C8H9ClN2O2/c1-10-8(13)11-5-2-3-7(12)6(9)4-5/h2-4,12H,1H3,(H2,10,11,13). The summed E-state index contributed by atoms with van der Waals surface area (Å²) in [6.07, 6.45) is 0. The predicted octanol–water partition coefficient (Wildman–Crippen LogP) is 1.80. The van der Waals surface area contributed by atoms with Gasteiger partial charge < -0.3 is 15.7 Å². The van der Waals surface area contributed by atoms with E-state index < -0.39 is 0 Å². The summed E-state index contributed by atoms with van der Waals surface area (Å²) < 4.78 is 0. The number of urea groups is 1. The van der Waals surface area contributed by atoms with Crippen molar-refractivity contribution in [2.24, 2.45) is 0 Å². The minimum atomic E-state index is -0.332. The third-order valence-corrected chi connectivity index (χ3v) is 1.74. The molecule has 4 nitrogen and oxygen atoms in total. The summed E-state index contributed by atoms with van der Waals surface area (Å²) in [5.74, 6) is -0.0101. The van der Waals surface area contributed by atoms with Crippen molar-refractivity contribution in [3.8, 4) is 5.75 Å². The van der Waals surface area contributed by atoms with Gasteiger partial charge in [0.15, 0.2) is 0 Å². The van der Waals surface area contributed by atoms with Gasteiger partial charge in [-0.15, -0.1) is 0 Å². The Labute approximate surface area is 80.5 Å². The van der Waals surface area contributed by atoms with Crippen LogP contribution in [0.4, 0.5) is 10.5 Å². The van der Waals surface area contributed by atoms with Gasteiger partial charge in [-0.05, 0) is 18.2 Å². The average molecular weight is 201 g/mol. The number of hydrogen-bond acceptors (Lipinski definition) is 2. The maximum Gasteiger partial charge on any atom is 0.318 e. The Morgan fingerprint density at radius 2 is 2.23 bits per heavy atom. The molecule has 1 aromatic rings. The molecule has 0 unspecified atom stereocenters. The smallest absolute Gasteiger partial charge is 0.318 e. The van der Waals surface area contributed by atoms with E-state index in [0.717, 1.165) is 0 Å². The molecule has 1 aromatic carbocycles. The number of amides is 2. The van der Waals surface area contributed by atoms with Crippen molar-refractivity contribution in [3.63, 3.8) is 0 Å². The van der Waals surface area contributed by atoms with Crippen molar-refractivity contribution in [3.05, 3.63) is 23.2 Å². The van der Waals surface area contributed by atoms with Gasteiger partial charge in [0.25, 0.3) is 0 Å². The van der Waals surface area contributed by atoms with Crippen molar-refractivity contribution < 1.29 is 9.90 Å². The normalized spacial score (nSPS) is 9.38. The van der Waals surface area contributed by atoms with Gasteiger partial charge in [0.2, 0.25) is 0 Å². The van der Waals surface area contributed by atoms with E-state index in [1.54, 1.807) is 6.07 Å². The maximum atomic E-state index is 10.8. The summed E-state index contributed by atoms with van der Waals surface area (Å²) in [7, 11) is 1.51. The first-order valence-electron chi connectivity index (χ1n) is 3.60. The van der Waals surface area contributed by atoms with E-state index in [2.05, 4.69) is 10.6 Å². The second-order valence-corrected chi connectivity index (χ2v) is 2.78. The Morgan fingerprint density at radius 1 is 1.54 bits per heavy atom. The molecule has 0 saturated heterocycles. The molecule has 5 heteroatoms. The topological polar surface area (TPSA) is 61.4 Å². The molecule has 0 heterocycles. The number of benzene rings is 1. The largest absolute Gasteiger partial charge is 0.506 e. The lowest BCUT2D eigenvalue weighted by Gasteiger charge is -2.04. The number of phenols is 1. The Morgan fingerprint density at radius 3 is 2.77 bits per heavy atom. The van der Waals surface area contributed by atoms with E-state index in [0.29, 0.717) is 5.69 Å². The molecule has 0 atom stereocenters. The van der Waals surface area contributed by atoms with Crippen molar-refractivity contribution in [2.75, 3.05) is 12.4 Å². The van der Waals surface area contributed by atoms with Gasteiger partial charge in [-0.25, -0.2) is 4.79 Å². The van der Waals surface area contributed by atoms with E-state index in [4.69, 9.17) is 16.7 Å². The summed E-state index contributed by atoms with van der Waals surface area (Å²) in [6.45, 7) is 0. The summed E-state index contributed by atoms with van der Waals surface area (Å²) >= 11 is 5.62. The summed E-state index contributed by atoms with van der Waals surface area (Å²) in [6, 6.07) is 4.10. The quantitative estimate of drug-likeness (QED) is 0.606. The molecule has 0 fully saturated rings. The molecule has 13 heavy (non-hydrogen) atoms. The van der Waals surface area contributed by atoms with Crippen molar-refractivity contribution in [1.29, 1.82) is 0 Å². The molecular weight excluding hydrogens is 192 g/mol. The molecule has 0 saturated carbocycles. The monoisotopic (exact) mass is 200 g/mol. The number of aromatic hydroxyl groups is 1. The second-order valence-electron chi connectivity index (χ2n) is 2.37. The lowest BCUT2D eigenvalue weighted by atomic mass is 10.3. The molecule has 1 rings (SSSR count). The van der Waals surface area contributed by atoms with Gasteiger partial charge in [0, 0.05) is 12.7 Å². The van der Waals surface area contributed by atoms with E-state index in [1.807, 2.05) is 0 Å². The highest BCUT2D eigenvalue weighted by Gasteiger charge is 2.01. The zero-order valence-corrected chi connectivity index (χ0v) is 7.72. The minimum absolute atomic E-state index is 0.0101. The molecular formula is C8H9ClN2O2. The van der Waals surface area contributed by atoms with Gasteiger partial charge in [0.1, 0.15) is 5.75 Å². The number of hydrogen-bond donors (Lipinski definition) is 3. The molecule has 0 aliphatic carbocycles. The number of carbonyl (C=O) groups excluding carboxylic acids is 1. The van der Waals surface area contributed by atoms with Crippen molar-refractivity contribution >= 4 is 23.3 Å². The number of carbonyl (C=O) groups is 1. The fourth-order valence-electron chi connectivity index (χ4n) is 0.778. The molecule has 0 aliphatic rings. The third kappa shape index (κ3) is 2.52. The van der Waals surface area contributed by atoms with E-state index >= 15 is 0 Å². The van der Waals surface area contributed by atoms with Gasteiger partial charge in [-0.3, -0.25) is 0 Å². The van der Waals surface area contributed by atoms with Crippen LogP contribution in [0, 0.1) is 0 Å². The first-order chi connectivity index (χ1) is 6.13. The first kappa shape index (κ1) is 9.67. The number of nitrogens with one attached hydrogen (secondary N) is 2. The van der Waals surface area contributed by atoms with Gasteiger partial charge >= 0.3 is 6.03 Å². The fraction of sp³-hybridized carbons (Fsp3) is 0.125. The van der Waals surface area contributed by atoms with Crippen LogP contribution in [-0.2, 0) is 0 Å². The molecule has 0 radical (unpaired) electrons. The number of rotatable bonds is 1. The number of halogens is 1. The molecule has 70 valence electrons. The number of phenolic OH excluding ortho intramolecular Hbond substituents is 1. The summed E-state index contributed by atoms with van der Waals surface area (Å²) in [4.78, 5) is 10.8. The van der Waals surface area contributed by atoms with E-state index in [1.165, 1.54) is 19.2 Å². The molecule has 0 aliphatic heterocycles. The molecule has 0 bridgehead atoms. The van der Waals surface area contributed by atoms with Crippen LogP contribution in [0.5, 0.6) is 5.75 Å². The number of anilines is 1. The fourth-order valence-corrected chi connectivity index (χ4v) is 0.959. The lowest BCUT2D eigenvalue weighted by Crippen LogP contribution is -2.24. The molecule has 3 N–H and O–H groups in total. The van der Waals surface area contributed by atoms with Crippen LogP contribution in [0.1, 0.15) is 0 Å². The van der Waals surface area contributed by atoms with Crippen LogP contribution < -0.4 is 10.6 Å². The van der Waals surface area contributed by atoms with Crippen LogP contribution in [0.3, 0.4) is 0 Å². The summed E-state index contributed by atoms with van der Waals surface area (Å²) in [5, 5.41) is 14.2. The second kappa shape index (κ2) is 4.00. The van der Waals surface area contributed by atoms with Crippen LogP contribution >= 0.6 is 11.6 Å². The van der Waals surface area contributed by atoms with Crippen LogP contribution in [0.2, 0.25) is 5.02 Å². The van der Waals surface area contributed by atoms with Crippen molar-refractivity contribution in [2.45, 2.75) is 0 Å². The van der Waals surface area contributed by atoms with Crippen LogP contribution in [-0.4, -0.2) is 18.2 Å². The highest BCUT2D eigenvalue weighted by atomic mass is 35.5. The Balaban J connectivity index is 2.79. The van der Waals surface area contributed by atoms with Gasteiger partial charge in [-0.1, -0.05) is 11.6 Å². The van der Waals surface area contributed by atoms with E-state index in [-0.39, 0.29) is 16.8 Å². The first-order valence-corrected chi connectivity index (χ1v) is 3.98. The van der Waals surface area contributed by atoms with Crippen molar-refractivity contribution in [1.82, 2.24) is 5.32 Å². The van der Waals surface area contributed by atoms with Crippen LogP contribution in [0.15, 0.2) is 18.2 Å². The van der Waals surface area contributed by atoms with Gasteiger partial charge in [0.05, 0.1) is 5.02 Å². The zero-order valence-electron chi connectivity index (χ0n) is 6.97. The minimum Gasteiger partial charge on any atom is -0.506 e. The Bertz CT molecular complexity index is 328. The molecule has 0 aromatic heterocycles. The highest BCUT2D eigenvalue weighted by Crippen LogP contribution is 2.25. The van der Waals surface area contributed by atoms with E-state index in [9.17, 15) is 4.79 Å².